The van der Waals surface area contributed by atoms with Crippen LogP contribution in [0.15, 0.2) is 12.1 Å². The summed E-state index contributed by atoms with van der Waals surface area (Å²) in [6.45, 7) is 5.52. The average Bonchev–Trinajstić information content (AvgIpc) is 2.27. The van der Waals surface area contributed by atoms with Crippen molar-refractivity contribution in [2.24, 2.45) is 5.73 Å². The van der Waals surface area contributed by atoms with Crippen molar-refractivity contribution < 1.29 is 14.6 Å². The molecule has 0 fully saturated rings. The van der Waals surface area contributed by atoms with E-state index >= 15 is 0 Å². The van der Waals surface area contributed by atoms with Crippen molar-refractivity contribution in [3.63, 3.8) is 0 Å². The molecule has 0 aliphatic carbocycles. The van der Waals surface area contributed by atoms with Gasteiger partial charge in [-0.05, 0) is 24.5 Å². The van der Waals surface area contributed by atoms with E-state index in [2.05, 4.69) is 0 Å². The number of aromatic hydroxyl groups is 1. The summed E-state index contributed by atoms with van der Waals surface area (Å²) in [6, 6.07) is 2.80. The number of carbonyl (C=O) groups excluding carboxylic acids is 1. The predicted octanol–water partition coefficient (Wildman–Crippen LogP) is 2.05. The average molecular weight is 237 g/mol. The fraction of sp³-hybridized carbons (Fsp3) is 0.462. The number of phenolic OH excluding ortho intramolecular Hbond substituents is 1. The Labute approximate surface area is 101 Å². The van der Waals surface area contributed by atoms with E-state index in [1.54, 1.807) is 19.1 Å². The van der Waals surface area contributed by atoms with Gasteiger partial charge in [-0.15, -0.1) is 0 Å². The van der Waals surface area contributed by atoms with Crippen LogP contribution in [0.4, 0.5) is 0 Å². The molecule has 0 heterocycles. The quantitative estimate of drug-likeness (QED) is 0.786. The number of rotatable bonds is 4. The number of hydrogen-bond acceptors (Lipinski definition) is 4. The molecule has 1 aromatic carbocycles. The van der Waals surface area contributed by atoms with Gasteiger partial charge < -0.3 is 15.6 Å². The van der Waals surface area contributed by atoms with E-state index in [1.807, 2.05) is 13.8 Å². The van der Waals surface area contributed by atoms with Gasteiger partial charge in [0, 0.05) is 0 Å². The van der Waals surface area contributed by atoms with Crippen molar-refractivity contribution in [1.82, 2.24) is 0 Å². The highest BCUT2D eigenvalue weighted by Crippen LogP contribution is 2.35. The van der Waals surface area contributed by atoms with Gasteiger partial charge in [-0.1, -0.05) is 19.9 Å². The van der Waals surface area contributed by atoms with Gasteiger partial charge in [0.25, 0.3) is 0 Å². The third kappa shape index (κ3) is 2.58. The lowest BCUT2D eigenvalue weighted by Crippen LogP contribution is -2.28. The minimum absolute atomic E-state index is 0.124. The van der Waals surface area contributed by atoms with Gasteiger partial charge in [0.2, 0.25) is 0 Å². The molecular formula is C13H19NO3. The van der Waals surface area contributed by atoms with E-state index in [-0.39, 0.29) is 23.0 Å². The third-order valence-electron chi connectivity index (χ3n) is 2.68. The topological polar surface area (TPSA) is 72.5 Å². The van der Waals surface area contributed by atoms with E-state index in [9.17, 15) is 9.90 Å². The SMILES string of the molecule is COc1ccc(C(C)C)c(C(=O)C(C)N)c1O. The molecule has 1 unspecified atom stereocenters. The second kappa shape index (κ2) is 5.19. The molecule has 0 aliphatic heterocycles. The van der Waals surface area contributed by atoms with Crippen LogP contribution in [0.5, 0.6) is 11.5 Å². The van der Waals surface area contributed by atoms with E-state index in [0.29, 0.717) is 5.75 Å². The molecule has 0 aromatic heterocycles. The van der Waals surface area contributed by atoms with E-state index in [4.69, 9.17) is 10.5 Å². The first-order chi connectivity index (χ1) is 7.90. The van der Waals surface area contributed by atoms with Crippen molar-refractivity contribution >= 4 is 5.78 Å². The zero-order chi connectivity index (χ0) is 13.2. The number of nitrogens with two attached hydrogens (primary N) is 1. The lowest BCUT2D eigenvalue weighted by molar-refractivity contribution is 0.0963. The van der Waals surface area contributed by atoms with Crippen LogP contribution in [0, 0.1) is 0 Å². The Morgan fingerprint density at radius 3 is 2.35 bits per heavy atom. The maximum Gasteiger partial charge on any atom is 0.183 e. The number of benzene rings is 1. The Bertz CT molecular complexity index is 425. The first kappa shape index (κ1) is 13.5. The number of ether oxygens (including phenoxy) is 1. The minimum atomic E-state index is -0.648. The molecule has 1 rings (SSSR count). The molecule has 1 atom stereocenters. The summed E-state index contributed by atoms with van der Waals surface area (Å²) in [5, 5.41) is 10.0. The van der Waals surface area contributed by atoms with E-state index < -0.39 is 6.04 Å². The summed E-state index contributed by atoms with van der Waals surface area (Å²) in [7, 11) is 1.45. The molecule has 0 saturated carbocycles. The lowest BCUT2D eigenvalue weighted by Gasteiger charge is -2.17. The van der Waals surface area contributed by atoms with Gasteiger partial charge in [0.15, 0.2) is 17.3 Å². The zero-order valence-corrected chi connectivity index (χ0v) is 10.7. The number of ketones is 1. The molecule has 0 amide bonds. The van der Waals surface area contributed by atoms with Gasteiger partial charge in [-0.3, -0.25) is 4.79 Å². The smallest absolute Gasteiger partial charge is 0.183 e. The first-order valence-corrected chi connectivity index (χ1v) is 5.59. The van der Waals surface area contributed by atoms with Gasteiger partial charge in [0.05, 0.1) is 18.7 Å². The fourth-order valence-corrected chi connectivity index (χ4v) is 1.72. The molecular weight excluding hydrogens is 218 g/mol. The second-order valence-electron chi connectivity index (χ2n) is 4.39. The summed E-state index contributed by atoms with van der Waals surface area (Å²) in [4.78, 5) is 12.0. The molecule has 94 valence electrons. The Balaban J connectivity index is 3.45. The van der Waals surface area contributed by atoms with Crippen LogP contribution in [0.25, 0.3) is 0 Å². The highest BCUT2D eigenvalue weighted by molar-refractivity contribution is 6.04. The maximum atomic E-state index is 12.0. The molecule has 3 N–H and O–H groups in total. The van der Waals surface area contributed by atoms with Crippen molar-refractivity contribution in [1.29, 1.82) is 0 Å². The molecule has 0 spiro atoms. The van der Waals surface area contributed by atoms with Crippen molar-refractivity contribution in [2.45, 2.75) is 32.7 Å². The van der Waals surface area contributed by atoms with Gasteiger partial charge in [-0.25, -0.2) is 0 Å². The molecule has 0 radical (unpaired) electrons. The van der Waals surface area contributed by atoms with Crippen LogP contribution in [0.3, 0.4) is 0 Å². The lowest BCUT2D eigenvalue weighted by atomic mass is 9.91. The third-order valence-corrected chi connectivity index (χ3v) is 2.68. The van der Waals surface area contributed by atoms with Gasteiger partial charge >= 0.3 is 0 Å². The monoisotopic (exact) mass is 237 g/mol. The minimum Gasteiger partial charge on any atom is -0.504 e. The normalized spacial score (nSPS) is 12.6. The Morgan fingerprint density at radius 1 is 1.35 bits per heavy atom. The fourth-order valence-electron chi connectivity index (χ4n) is 1.72. The largest absolute Gasteiger partial charge is 0.504 e. The van der Waals surface area contributed by atoms with Gasteiger partial charge in [0.1, 0.15) is 0 Å². The van der Waals surface area contributed by atoms with E-state index in [1.165, 1.54) is 7.11 Å². The summed E-state index contributed by atoms with van der Waals surface area (Å²) >= 11 is 0. The highest BCUT2D eigenvalue weighted by atomic mass is 16.5. The van der Waals surface area contributed by atoms with Crippen LogP contribution in [0.1, 0.15) is 42.6 Å². The Hall–Kier alpha value is -1.55. The Kier molecular flexibility index (Phi) is 4.12. The van der Waals surface area contributed by atoms with Crippen molar-refractivity contribution in [2.75, 3.05) is 7.11 Å². The molecule has 1 aromatic rings. The molecule has 0 aliphatic rings. The van der Waals surface area contributed by atoms with Crippen LogP contribution >= 0.6 is 0 Å². The van der Waals surface area contributed by atoms with E-state index in [0.717, 1.165) is 5.56 Å². The first-order valence-electron chi connectivity index (χ1n) is 5.59. The predicted molar refractivity (Wildman–Crippen MR) is 66.7 cm³/mol. The van der Waals surface area contributed by atoms with Crippen molar-refractivity contribution in [3.05, 3.63) is 23.3 Å². The summed E-state index contributed by atoms with van der Waals surface area (Å²) < 4.78 is 5.01. The number of hydrogen-bond donors (Lipinski definition) is 2. The summed E-state index contributed by atoms with van der Waals surface area (Å²) in [5.74, 6) is 0.0222. The zero-order valence-electron chi connectivity index (χ0n) is 10.7. The standard InChI is InChI=1S/C13H19NO3/c1-7(2)9-5-6-10(17-4)13(16)11(9)12(15)8(3)14/h5-8,16H,14H2,1-4H3. The van der Waals surface area contributed by atoms with Crippen LogP contribution in [-0.4, -0.2) is 24.0 Å². The van der Waals surface area contributed by atoms with Gasteiger partial charge in [-0.2, -0.15) is 0 Å². The van der Waals surface area contributed by atoms with Crippen LogP contribution in [0.2, 0.25) is 0 Å². The highest BCUT2D eigenvalue weighted by Gasteiger charge is 2.23. The summed E-state index contributed by atoms with van der Waals surface area (Å²) in [6.07, 6.45) is 0. The number of Topliss-reactive ketones (excluding diaryl/α,β-unsaturated/α-hetero) is 1. The molecule has 0 bridgehead atoms. The molecule has 0 saturated heterocycles. The van der Waals surface area contributed by atoms with Crippen molar-refractivity contribution in [3.8, 4) is 11.5 Å². The number of carbonyl (C=O) groups is 1. The molecule has 4 heteroatoms. The number of phenols is 1. The second-order valence-corrected chi connectivity index (χ2v) is 4.39. The van der Waals surface area contributed by atoms with Crippen LogP contribution < -0.4 is 10.5 Å². The number of methoxy groups -OCH3 is 1. The molecule has 4 nitrogen and oxygen atoms in total. The Morgan fingerprint density at radius 2 is 1.94 bits per heavy atom. The summed E-state index contributed by atoms with van der Waals surface area (Å²) in [5.41, 5.74) is 6.65. The molecule has 17 heavy (non-hydrogen) atoms. The van der Waals surface area contributed by atoms with Crippen LogP contribution in [-0.2, 0) is 0 Å². The maximum absolute atomic E-state index is 12.0.